The summed E-state index contributed by atoms with van der Waals surface area (Å²) in [7, 11) is 0. The minimum atomic E-state index is 0.359. The fraction of sp³-hybridized carbons (Fsp3) is 1.00. The van der Waals surface area contributed by atoms with Gasteiger partial charge in [-0.15, -0.1) is 0 Å². The molecule has 3 unspecified atom stereocenters. The average Bonchev–Trinajstić information content (AvgIpc) is 2.43. The van der Waals surface area contributed by atoms with Gasteiger partial charge in [0.2, 0.25) is 0 Å². The third kappa shape index (κ3) is 3.33. The molecule has 2 aliphatic carbocycles. The fourth-order valence-electron chi connectivity index (χ4n) is 3.91. The number of hydrogen-bond donors (Lipinski definition) is 1. The van der Waals surface area contributed by atoms with Gasteiger partial charge in [0.05, 0.1) is 6.10 Å². The van der Waals surface area contributed by atoms with Gasteiger partial charge in [-0.1, -0.05) is 33.6 Å². The van der Waals surface area contributed by atoms with E-state index < -0.39 is 0 Å². The summed E-state index contributed by atoms with van der Waals surface area (Å²) in [6.07, 6.45) is 8.63. The van der Waals surface area contributed by atoms with E-state index in [9.17, 15) is 0 Å². The van der Waals surface area contributed by atoms with E-state index in [2.05, 4.69) is 33.0 Å². The first-order valence-corrected chi connectivity index (χ1v) is 8.45. The second-order valence-corrected chi connectivity index (χ2v) is 7.13. The minimum absolute atomic E-state index is 0.359. The van der Waals surface area contributed by atoms with E-state index in [0.717, 1.165) is 18.4 Å². The van der Waals surface area contributed by atoms with E-state index in [1.807, 2.05) is 0 Å². The second-order valence-electron chi connectivity index (χ2n) is 7.13. The number of nitrogens with one attached hydrogen (secondary N) is 1. The Bertz CT molecular complexity index is 272. The van der Waals surface area contributed by atoms with Gasteiger partial charge in [0.25, 0.3) is 0 Å². The van der Waals surface area contributed by atoms with Gasteiger partial charge in [0.1, 0.15) is 0 Å². The highest BCUT2D eigenvalue weighted by molar-refractivity contribution is 5.04. The molecule has 0 heterocycles. The molecule has 2 aliphatic rings. The molecule has 0 bridgehead atoms. The zero-order valence-electron chi connectivity index (χ0n) is 13.4. The van der Waals surface area contributed by atoms with Crippen LogP contribution in [0.3, 0.4) is 0 Å². The van der Waals surface area contributed by atoms with E-state index in [1.165, 1.54) is 45.1 Å². The molecule has 112 valence electrons. The van der Waals surface area contributed by atoms with Gasteiger partial charge in [-0.05, 0) is 51.0 Å². The molecule has 2 rings (SSSR count). The largest absolute Gasteiger partial charge is 0.378 e. The lowest BCUT2D eigenvalue weighted by molar-refractivity contribution is -0.126. The van der Waals surface area contributed by atoms with Gasteiger partial charge in [0.15, 0.2) is 0 Å². The highest BCUT2D eigenvalue weighted by Crippen LogP contribution is 2.46. The van der Waals surface area contributed by atoms with Gasteiger partial charge in [-0.2, -0.15) is 0 Å². The Hall–Kier alpha value is -0.0800. The molecule has 0 aliphatic heterocycles. The zero-order valence-corrected chi connectivity index (χ0v) is 13.4. The van der Waals surface area contributed by atoms with Crippen LogP contribution in [0.5, 0.6) is 0 Å². The van der Waals surface area contributed by atoms with Crippen molar-refractivity contribution in [3.05, 3.63) is 0 Å². The molecule has 0 aromatic carbocycles. The van der Waals surface area contributed by atoms with Crippen LogP contribution in [-0.2, 0) is 4.74 Å². The first kappa shape index (κ1) is 15.3. The van der Waals surface area contributed by atoms with Gasteiger partial charge in [-0.3, -0.25) is 0 Å². The molecule has 0 saturated heterocycles. The Balaban J connectivity index is 1.74. The number of rotatable bonds is 6. The van der Waals surface area contributed by atoms with Crippen molar-refractivity contribution in [1.29, 1.82) is 0 Å². The summed E-state index contributed by atoms with van der Waals surface area (Å²) < 4.78 is 5.88. The normalized spacial score (nSPS) is 42.9. The molecule has 2 saturated carbocycles. The van der Waals surface area contributed by atoms with Crippen molar-refractivity contribution in [3.63, 3.8) is 0 Å². The lowest BCUT2D eigenvalue weighted by Crippen LogP contribution is -2.62. The molecule has 0 aromatic heterocycles. The van der Waals surface area contributed by atoms with E-state index in [0.29, 0.717) is 17.6 Å². The van der Waals surface area contributed by atoms with E-state index in [4.69, 9.17) is 4.74 Å². The minimum Gasteiger partial charge on any atom is -0.378 e. The van der Waals surface area contributed by atoms with Crippen LogP contribution in [0.25, 0.3) is 0 Å². The lowest BCUT2D eigenvalue weighted by atomic mass is 9.61. The van der Waals surface area contributed by atoms with Crippen LogP contribution in [0.4, 0.5) is 0 Å². The predicted molar refractivity (Wildman–Crippen MR) is 81.3 cm³/mol. The molecule has 2 heteroatoms. The van der Waals surface area contributed by atoms with Crippen molar-refractivity contribution in [2.45, 2.75) is 78.4 Å². The highest BCUT2D eigenvalue weighted by Gasteiger charge is 2.50. The van der Waals surface area contributed by atoms with Gasteiger partial charge >= 0.3 is 0 Å². The molecule has 2 fully saturated rings. The van der Waals surface area contributed by atoms with Crippen molar-refractivity contribution in [2.75, 3.05) is 13.2 Å². The van der Waals surface area contributed by atoms with E-state index in [-0.39, 0.29) is 0 Å². The first-order valence-electron chi connectivity index (χ1n) is 8.45. The highest BCUT2D eigenvalue weighted by atomic mass is 16.5. The third-order valence-electron chi connectivity index (χ3n) is 5.90. The van der Waals surface area contributed by atoms with Crippen molar-refractivity contribution < 1.29 is 4.74 Å². The quantitative estimate of drug-likeness (QED) is 0.785. The fourth-order valence-corrected chi connectivity index (χ4v) is 3.91. The molecular weight excluding hydrogens is 234 g/mol. The Labute approximate surface area is 119 Å². The Morgan fingerprint density at radius 3 is 2.42 bits per heavy atom. The SMILES string of the molecule is CCOC1CC(NCC2CCC(C)CC2)C1(C)CC. The summed E-state index contributed by atoms with van der Waals surface area (Å²) in [6.45, 7) is 11.3. The summed E-state index contributed by atoms with van der Waals surface area (Å²) >= 11 is 0. The van der Waals surface area contributed by atoms with E-state index in [1.54, 1.807) is 0 Å². The van der Waals surface area contributed by atoms with Crippen LogP contribution in [0.1, 0.15) is 66.2 Å². The maximum Gasteiger partial charge on any atom is 0.0658 e. The molecule has 19 heavy (non-hydrogen) atoms. The maximum absolute atomic E-state index is 5.88. The second kappa shape index (κ2) is 6.58. The van der Waals surface area contributed by atoms with Crippen molar-refractivity contribution in [1.82, 2.24) is 5.32 Å². The Morgan fingerprint density at radius 2 is 1.84 bits per heavy atom. The molecule has 0 amide bonds. The number of ether oxygens (including phenoxy) is 1. The standard InChI is InChI=1S/C17H33NO/c1-5-17(4)15(11-16(17)19-6-2)18-12-14-9-7-13(3)8-10-14/h13-16,18H,5-12H2,1-4H3. The Morgan fingerprint density at radius 1 is 1.16 bits per heavy atom. The van der Waals surface area contributed by atoms with Crippen molar-refractivity contribution in [3.8, 4) is 0 Å². The van der Waals surface area contributed by atoms with Crippen molar-refractivity contribution in [2.24, 2.45) is 17.3 Å². The lowest BCUT2D eigenvalue weighted by Gasteiger charge is -2.54. The van der Waals surface area contributed by atoms with Crippen LogP contribution >= 0.6 is 0 Å². The smallest absolute Gasteiger partial charge is 0.0658 e. The topological polar surface area (TPSA) is 21.3 Å². The van der Waals surface area contributed by atoms with Gasteiger partial charge in [0, 0.05) is 18.1 Å². The zero-order chi connectivity index (χ0) is 13.9. The van der Waals surface area contributed by atoms with E-state index >= 15 is 0 Å². The molecule has 2 nitrogen and oxygen atoms in total. The molecule has 0 aromatic rings. The molecule has 0 radical (unpaired) electrons. The molecule has 0 spiro atoms. The van der Waals surface area contributed by atoms with Crippen LogP contribution in [0.15, 0.2) is 0 Å². The summed E-state index contributed by atoms with van der Waals surface area (Å²) in [5, 5.41) is 3.85. The van der Waals surface area contributed by atoms with Crippen LogP contribution < -0.4 is 5.32 Å². The maximum atomic E-state index is 5.88. The number of hydrogen-bond acceptors (Lipinski definition) is 2. The predicted octanol–water partition coefficient (Wildman–Crippen LogP) is 4.00. The monoisotopic (exact) mass is 267 g/mol. The summed E-state index contributed by atoms with van der Waals surface area (Å²) in [5.41, 5.74) is 0.359. The van der Waals surface area contributed by atoms with Crippen LogP contribution in [0.2, 0.25) is 0 Å². The summed E-state index contributed by atoms with van der Waals surface area (Å²) in [4.78, 5) is 0. The van der Waals surface area contributed by atoms with Crippen molar-refractivity contribution >= 4 is 0 Å². The van der Waals surface area contributed by atoms with Gasteiger partial charge in [-0.25, -0.2) is 0 Å². The van der Waals surface area contributed by atoms with Gasteiger partial charge < -0.3 is 10.1 Å². The molecular formula is C17H33NO. The summed E-state index contributed by atoms with van der Waals surface area (Å²) in [5.74, 6) is 1.88. The summed E-state index contributed by atoms with van der Waals surface area (Å²) in [6, 6.07) is 0.674. The first-order chi connectivity index (χ1) is 9.10. The average molecular weight is 267 g/mol. The molecule has 3 atom stereocenters. The third-order valence-corrected chi connectivity index (χ3v) is 5.90. The molecule has 1 N–H and O–H groups in total. The Kier molecular flexibility index (Phi) is 5.30. The van der Waals surface area contributed by atoms with Crippen LogP contribution in [0, 0.1) is 17.3 Å². The van der Waals surface area contributed by atoms with Crippen LogP contribution in [-0.4, -0.2) is 25.3 Å².